The normalized spacial score (nSPS) is 40.0. The maximum atomic E-state index is 12.8. The van der Waals surface area contributed by atoms with Crippen molar-refractivity contribution in [2.45, 2.75) is 59.2 Å². The van der Waals surface area contributed by atoms with Gasteiger partial charge in [0.15, 0.2) is 0 Å². The van der Waals surface area contributed by atoms with Gasteiger partial charge in [0.1, 0.15) is 18.3 Å². The van der Waals surface area contributed by atoms with Gasteiger partial charge in [0.2, 0.25) is 0 Å². The molecule has 1 aliphatic heterocycles. The largest absolute Gasteiger partial charge is 0.462 e. The van der Waals surface area contributed by atoms with E-state index in [1.165, 1.54) is 0 Å². The Hall–Kier alpha value is -1.59. The molecule has 7 atom stereocenters. The van der Waals surface area contributed by atoms with E-state index in [4.69, 9.17) is 14.2 Å². The molecular weight excluding hydrogens is 324 g/mol. The van der Waals surface area contributed by atoms with Crippen molar-refractivity contribution in [3.8, 4) is 0 Å². The minimum absolute atomic E-state index is 0.0929. The summed E-state index contributed by atoms with van der Waals surface area (Å²) in [6, 6.07) is 0. The van der Waals surface area contributed by atoms with E-state index >= 15 is 0 Å². The van der Waals surface area contributed by atoms with Crippen LogP contribution in [0.3, 0.4) is 0 Å². The minimum Gasteiger partial charge on any atom is -0.462 e. The number of carbonyl (C=O) groups is 3. The molecule has 3 aliphatic rings. The smallest absolute Gasteiger partial charge is 0.310 e. The van der Waals surface area contributed by atoms with Crippen LogP contribution in [0.5, 0.6) is 0 Å². The molecule has 0 spiro atoms. The monoisotopic (exact) mass is 352 g/mol. The van der Waals surface area contributed by atoms with Crippen LogP contribution in [0.2, 0.25) is 0 Å². The second-order valence-electron chi connectivity index (χ2n) is 8.81. The fourth-order valence-corrected chi connectivity index (χ4v) is 4.82. The van der Waals surface area contributed by atoms with Crippen LogP contribution in [0.4, 0.5) is 0 Å². The number of hydrogen-bond donors (Lipinski definition) is 0. The Kier molecular flexibility index (Phi) is 4.58. The molecule has 6 heteroatoms. The van der Waals surface area contributed by atoms with Gasteiger partial charge in [0.05, 0.1) is 18.3 Å². The van der Waals surface area contributed by atoms with Gasteiger partial charge in [-0.15, -0.1) is 0 Å². The molecule has 1 saturated heterocycles. The van der Waals surface area contributed by atoms with Crippen molar-refractivity contribution in [2.75, 3.05) is 6.61 Å². The zero-order valence-electron chi connectivity index (χ0n) is 15.6. The zero-order chi connectivity index (χ0) is 18.5. The van der Waals surface area contributed by atoms with Crippen LogP contribution in [0.1, 0.15) is 47.5 Å². The second kappa shape index (κ2) is 6.29. The fraction of sp³-hybridized carbons (Fsp3) is 0.842. The molecule has 7 unspecified atom stereocenters. The first-order valence-electron chi connectivity index (χ1n) is 9.17. The molecule has 0 aromatic heterocycles. The average Bonchev–Trinajstić information content (AvgIpc) is 3.13. The number of ether oxygens (including phenoxy) is 3. The predicted octanol–water partition coefficient (Wildman–Crippen LogP) is 2.34. The lowest BCUT2D eigenvalue weighted by Crippen LogP contribution is -2.44. The Balaban J connectivity index is 1.77. The van der Waals surface area contributed by atoms with E-state index in [1.807, 2.05) is 20.8 Å². The van der Waals surface area contributed by atoms with Crippen molar-refractivity contribution >= 4 is 17.9 Å². The highest BCUT2D eigenvalue weighted by Crippen LogP contribution is 2.59. The minimum atomic E-state index is -0.589. The van der Waals surface area contributed by atoms with Crippen LogP contribution in [0.25, 0.3) is 0 Å². The van der Waals surface area contributed by atoms with Crippen LogP contribution < -0.4 is 0 Å². The third kappa shape index (κ3) is 3.40. The maximum Gasteiger partial charge on any atom is 0.310 e. The van der Waals surface area contributed by atoms with Gasteiger partial charge in [-0.05, 0) is 50.9 Å². The number of esters is 3. The summed E-state index contributed by atoms with van der Waals surface area (Å²) < 4.78 is 16.0. The number of hydrogen-bond acceptors (Lipinski definition) is 6. The van der Waals surface area contributed by atoms with Crippen LogP contribution in [0.15, 0.2) is 0 Å². The average molecular weight is 352 g/mol. The van der Waals surface area contributed by atoms with Crippen molar-refractivity contribution in [1.82, 2.24) is 0 Å². The summed E-state index contributed by atoms with van der Waals surface area (Å²) in [6.07, 6.45) is 0.410. The molecule has 0 N–H and O–H groups in total. The summed E-state index contributed by atoms with van der Waals surface area (Å²) in [7, 11) is 0. The van der Waals surface area contributed by atoms with E-state index < -0.39 is 23.5 Å². The SMILES string of the molecule is CC1C(C)C2CC1C(C(=O)OC1COC(=O)C1)C2C(=O)OC(C)(C)C. The molecule has 0 amide bonds. The maximum absolute atomic E-state index is 12.8. The molecule has 2 aliphatic carbocycles. The predicted molar refractivity (Wildman–Crippen MR) is 88.2 cm³/mol. The summed E-state index contributed by atoms with van der Waals surface area (Å²) in [5, 5.41) is 0. The van der Waals surface area contributed by atoms with E-state index in [-0.39, 0.29) is 42.8 Å². The number of rotatable bonds is 3. The first kappa shape index (κ1) is 18.2. The first-order chi connectivity index (χ1) is 11.6. The molecule has 140 valence electrons. The third-order valence-corrected chi connectivity index (χ3v) is 6.09. The van der Waals surface area contributed by atoms with Gasteiger partial charge >= 0.3 is 17.9 Å². The molecular formula is C19H28O6. The molecule has 1 heterocycles. The van der Waals surface area contributed by atoms with Crippen molar-refractivity contribution < 1.29 is 28.6 Å². The van der Waals surface area contributed by atoms with Gasteiger partial charge in [-0.25, -0.2) is 0 Å². The molecule has 0 aromatic carbocycles. The van der Waals surface area contributed by atoms with Crippen molar-refractivity contribution in [3.63, 3.8) is 0 Å². The quantitative estimate of drug-likeness (QED) is 0.573. The van der Waals surface area contributed by atoms with Crippen molar-refractivity contribution in [1.29, 1.82) is 0 Å². The highest BCUT2D eigenvalue weighted by molar-refractivity contribution is 5.84. The van der Waals surface area contributed by atoms with Crippen LogP contribution in [-0.4, -0.2) is 36.2 Å². The third-order valence-electron chi connectivity index (χ3n) is 6.09. The number of cyclic esters (lactones) is 1. The fourth-order valence-electron chi connectivity index (χ4n) is 4.82. The molecule has 2 bridgehead atoms. The lowest BCUT2D eigenvalue weighted by Gasteiger charge is -2.37. The van der Waals surface area contributed by atoms with Gasteiger partial charge < -0.3 is 14.2 Å². The highest BCUT2D eigenvalue weighted by atomic mass is 16.6. The van der Waals surface area contributed by atoms with Gasteiger partial charge in [-0.2, -0.15) is 0 Å². The van der Waals surface area contributed by atoms with E-state index in [1.54, 1.807) is 0 Å². The number of fused-ring (bicyclic) bond motifs is 2. The molecule has 0 aromatic rings. The standard InChI is InChI=1S/C19H28O6/c1-9-10(2)13-7-12(9)15(16(13)18(22)25-19(3,4)5)17(21)24-11-6-14(20)23-8-11/h9-13,15-16H,6-8H2,1-5H3. The van der Waals surface area contributed by atoms with Gasteiger partial charge in [0, 0.05) is 0 Å². The topological polar surface area (TPSA) is 78.9 Å². The summed E-state index contributed by atoms with van der Waals surface area (Å²) in [5.74, 6) is -0.966. The first-order valence-corrected chi connectivity index (χ1v) is 9.17. The molecule has 0 radical (unpaired) electrons. The summed E-state index contributed by atoms with van der Waals surface area (Å²) in [6.45, 7) is 9.90. The van der Waals surface area contributed by atoms with Gasteiger partial charge in [-0.1, -0.05) is 13.8 Å². The molecule has 3 fully saturated rings. The lowest BCUT2D eigenvalue weighted by atomic mass is 9.69. The van der Waals surface area contributed by atoms with Gasteiger partial charge in [0.25, 0.3) is 0 Å². The lowest BCUT2D eigenvalue weighted by molar-refractivity contribution is -0.175. The Morgan fingerprint density at radius 2 is 1.60 bits per heavy atom. The van der Waals surface area contributed by atoms with Crippen molar-refractivity contribution in [3.05, 3.63) is 0 Å². The number of carbonyl (C=O) groups excluding carboxylic acids is 3. The van der Waals surface area contributed by atoms with Gasteiger partial charge in [-0.3, -0.25) is 14.4 Å². The Morgan fingerprint density at radius 1 is 1.04 bits per heavy atom. The Labute approximate surface area is 148 Å². The van der Waals surface area contributed by atoms with E-state index in [2.05, 4.69) is 13.8 Å². The molecule has 3 rings (SSSR count). The van der Waals surface area contributed by atoms with Crippen LogP contribution in [0, 0.1) is 35.5 Å². The Morgan fingerprint density at radius 3 is 2.08 bits per heavy atom. The molecule has 25 heavy (non-hydrogen) atoms. The Bertz CT molecular complexity index is 577. The van der Waals surface area contributed by atoms with Crippen LogP contribution >= 0.6 is 0 Å². The van der Waals surface area contributed by atoms with E-state index in [0.717, 1.165) is 6.42 Å². The molecule has 2 saturated carbocycles. The summed E-state index contributed by atoms with van der Waals surface area (Å²) in [5.41, 5.74) is -0.589. The zero-order valence-corrected chi connectivity index (χ0v) is 15.6. The second-order valence-corrected chi connectivity index (χ2v) is 8.81. The van der Waals surface area contributed by atoms with E-state index in [9.17, 15) is 14.4 Å². The highest BCUT2D eigenvalue weighted by Gasteiger charge is 2.61. The van der Waals surface area contributed by atoms with E-state index in [0.29, 0.717) is 11.8 Å². The van der Waals surface area contributed by atoms with Crippen LogP contribution in [-0.2, 0) is 28.6 Å². The summed E-state index contributed by atoms with van der Waals surface area (Å²) >= 11 is 0. The molecule has 6 nitrogen and oxygen atoms in total. The van der Waals surface area contributed by atoms with Crippen molar-refractivity contribution in [2.24, 2.45) is 35.5 Å². The summed E-state index contributed by atoms with van der Waals surface area (Å²) in [4.78, 5) is 36.9.